The van der Waals surface area contributed by atoms with E-state index in [9.17, 15) is 22.8 Å². The smallest absolute Gasteiger partial charge is 0.422 e. The van der Waals surface area contributed by atoms with Crippen LogP contribution in [0.5, 0.6) is 0 Å². The number of benzene rings is 1. The molecule has 0 heterocycles. The molecule has 132 valence electrons. The third-order valence-corrected chi connectivity index (χ3v) is 3.77. The third kappa shape index (κ3) is 8.60. The maximum absolute atomic E-state index is 11.9. The number of hydrogen-bond donors (Lipinski definition) is 2. The van der Waals surface area contributed by atoms with Crippen LogP contribution in [0.15, 0.2) is 27.1 Å². The van der Waals surface area contributed by atoms with Crippen LogP contribution in [0, 0.1) is 0 Å². The fourth-order valence-corrected chi connectivity index (χ4v) is 2.32. The second-order valence-electron chi connectivity index (χ2n) is 4.40. The number of nitrogens with one attached hydrogen (secondary N) is 2. The molecule has 2 N–H and O–H groups in total. The number of carbonyl (C=O) groups is 2. The van der Waals surface area contributed by atoms with E-state index in [4.69, 9.17) is 12.2 Å². The van der Waals surface area contributed by atoms with E-state index in [2.05, 4.69) is 47.2 Å². The SMILES string of the molecule is O=C(CCC(=O)OCC(F)(F)F)NC(=S)Nc1cc(Br)ccc1Br. The maximum atomic E-state index is 11.9. The zero-order valence-electron chi connectivity index (χ0n) is 11.9. The predicted molar refractivity (Wildman–Crippen MR) is 92.5 cm³/mol. The van der Waals surface area contributed by atoms with Crippen molar-refractivity contribution in [2.75, 3.05) is 11.9 Å². The lowest BCUT2D eigenvalue weighted by atomic mass is 10.3. The summed E-state index contributed by atoms with van der Waals surface area (Å²) in [6, 6.07) is 5.27. The van der Waals surface area contributed by atoms with E-state index in [0.29, 0.717) is 10.2 Å². The van der Waals surface area contributed by atoms with Crippen molar-refractivity contribution in [1.29, 1.82) is 0 Å². The molecule has 0 atom stereocenters. The Labute approximate surface area is 157 Å². The Morgan fingerprint density at radius 2 is 1.88 bits per heavy atom. The van der Waals surface area contributed by atoms with E-state index in [0.717, 1.165) is 4.47 Å². The van der Waals surface area contributed by atoms with Gasteiger partial charge in [0, 0.05) is 15.4 Å². The lowest BCUT2D eigenvalue weighted by Gasteiger charge is -2.11. The van der Waals surface area contributed by atoms with Gasteiger partial charge in [-0.3, -0.25) is 9.59 Å². The molecular weight excluding hydrogens is 481 g/mol. The maximum Gasteiger partial charge on any atom is 0.422 e. The Hall–Kier alpha value is -1.20. The first-order chi connectivity index (χ1) is 11.1. The van der Waals surface area contributed by atoms with E-state index in [1.165, 1.54) is 0 Å². The van der Waals surface area contributed by atoms with Crippen LogP contribution in [0.25, 0.3) is 0 Å². The van der Waals surface area contributed by atoms with Gasteiger partial charge in [-0.05, 0) is 46.3 Å². The molecule has 1 aromatic carbocycles. The molecule has 0 aliphatic rings. The molecule has 5 nitrogen and oxygen atoms in total. The predicted octanol–water partition coefficient (Wildman–Crippen LogP) is 3.91. The molecular formula is C13H11Br2F3N2O3S. The molecule has 0 saturated heterocycles. The number of amides is 1. The zero-order chi connectivity index (χ0) is 18.3. The molecule has 0 fully saturated rings. The Balaban J connectivity index is 2.38. The second kappa shape index (κ2) is 9.33. The van der Waals surface area contributed by atoms with Crippen molar-refractivity contribution >= 4 is 66.8 Å². The number of ether oxygens (including phenoxy) is 1. The van der Waals surface area contributed by atoms with Crippen molar-refractivity contribution in [2.45, 2.75) is 19.0 Å². The van der Waals surface area contributed by atoms with Gasteiger partial charge < -0.3 is 15.4 Å². The number of hydrogen-bond acceptors (Lipinski definition) is 4. The molecule has 1 rings (SSSR count). The highest BCUT2D eigenvalue weighted by Crippen LogP contribution is 2.26. The topological polar surface area (TPSA) is 67.4 Å². The standard InChI is InChI=1S/C13H11Br2F3N2O3S/c14-7-1-2-8(15)9(5-7)19-12(24)20-10(21)3-4-11(22)23-6-13(16,17)18/h1-2,5H,3-4,6H2,(H2,19,20,21,24). The van der Waals surface area contributed by atoms with Crippen LogP contribution in [0.3, 0.4) is 0 Å². The van der Waals surface area contributed by atoms with Crippen LogP contribution in [0.2, 0.25) is 0 Å². The van der Waals surface area contributed by atoms with E-state index in [1.807, 2.05) is 0 Å². The minimum atomic E-state index is -4.60. The van der Waals surface area contributed by atoms with Crippen molar-refractivity contribution in [2.24, 2.45) is 0 Å². The highest BCUT2D eigenvalue weighted by Gasteiger charge is 2.29. The van der Waals surface area contributed by atoms with Gasteiger partial charge in [-0.25, -0.2) is 0 Å². The normalized spacial score (nSPS) is 10.9. The molecule has 0 bridgehead atoms. The number of thiocarbonyl (C=S) groups is 1. The van der Waals surface area contributed by atoms with Gasteiger partial charge in [-0.2, -0.15) is 13.2 Å². The van der Waals surface area contributed by atoms with Crippen LogP contribution in [-0.4, -0.2) is 29.8 Å². The third-order valence-electron chi connectivity index (χ3n) is 2.38. The number of carbonyl (C=O) groups excluding carboxylic acids is 2. The van der Waals surface area contributed by atoms with Crippen LogP contribution in [0.1, 0.15) is 12.8 Å². The highest BCUT2D eigenvalue weighted by molar-refractivity contribution is 9.11. The lowest BCUT2D eigenvalue weighted by Crippen LogP contribution is -2.34. The molecule has 0 aliphatic heterocycles. The Morgan fingerprint density at radius 1 is 1.21 bits per heavy atom. The van der Waals surface area contributed by atoms with E-state index >= 15 is 0 Å². The van der Waals surface area contributed by atoms with Gasteiger partial charge in [-0.1, -0.05) is 15.9 Å². The van der Waals surface area contributed by atoms with Gasteiger partial charge in [0.25, 0.3) is 0 Å². The summed E-state index contributed by atoms with van der Waals surface area (Å²) in [6.07, 6.45) is -5.43. The molecule has 24 heavy (non-hydrogen) atoms. The fraction of sp³-hybridized carbons (Fsp3) is 0.308. The molecule has 11 heteroatoms. The van der Waals surface area contributed by atoms with Gasteiger partial charge in [-0.15, -0.1) is 0 Å². The van der Waals surface area contributed by atoms with Gasteiger partial charge in [0.05, 0.1) is 12.1 Å². The number of esters is 1. The summed E-state index contributed by atoms with van der Waals surface area (Å²) in [7, 11) is 0. The van der Waals surface area contributed by atoms with Crippen LogP contribution < -0.4 is 10.6 Å². The minimum absolute atomic E-state index is 0.0116. The van der Waals surface area contributed by atoms with Crippen LogP contribution in [0.4, 0.5) is 18.9 Å². The first-order valence-corrected chi connectivity index (χ1v) is 8.34. The number of alkyl halides is 3. The van der Waals surface area contributed by atoms with Gasteiger partial charge in [0.15, 0.2) is 11.7 Å². The van der Waals surface area contributed by atoms with Crippen molar-refractivity contribution in [3.05, 3.63) is 27.1 Å². The summed E-state index contributed by atoms with van der Waals surface area (Å²) in [5.74, 6) is -1.74. The van der Waals surface area contributed by atoms with E-state index < -0.39 is 31.1 Å². The number of rotatable bonds is 5. The molecule has 0 aromatic heterocycles. The Morgan fingerprint density at radius 3 is 2.50 bits per heavy atom. The molecule has 1 amide bonds. The van der Waals surface area contributed by atoms with Crippen molar-refractivity contribution in [3.8, 4) is 0 Å². The lowest BCUT2D eigenvalue weighted by molar-refractivity contribution is -0.186. The summed E-state index contributed by atoms with van der Waals surface area (Å²) < 4.78 is 41.1. The highest BCUT2D eigenvalue weighted by atomic mass is 79.9. The average Bonchev–Trinajstić information content (AvgIpc) is 2.46. The first-order valence-electron chi connectivity index (χ1n) is 6.35. The summed E-state index contributed by atoms with van der Waals surface area (Å²) in [4.78, 5) is 22.7. The quantitative estimate of drug-likeness (QED) is 0.483. The van der Waals surface area contributed by atoms with Gasteiger partial charge in [0.1, 0.15) is 0 Å². The van der Waals surface area contributed by atoms with Crippen molar-refractivity contribution < 1.29 is 27.5 Å². The molecule has 0 spiro atoms. The van der Waals surface area contributed by atoms with Crippen molar-refractivity contribution in [1.82, 2.24) is 5.32 Å². The van der Waals surface area contributed by atoms with E-state index in [1.54, 1.807) is 18.2 Å². The number of anilines is 1. The van der Waals surface area contributed by atoms with Crippen LogP contribution in [-0.2, 0) is 14.3 Å². The van der Waals surface area contributed by atoms with Crippen molar-refractivity contribution in [3.63, 3.8) is 0 Å². The first kappa shape index (κ1) is 20.8. The Bertz CT molecular complexity index is 641. The molecule has 0 saturated carbocycles. The summed E-state index contributed by atoms with van der Waals surface area (Å²) in [6.45, 7) is -1.68. The summed E-state index contributed by atoms with van der Waals surface area (Å²) in [5.41, 5.74) is 0.597. The summed E-state index contributed by atoms with van der Waals surface area (Å²) in [5, 5.41) is 5.08. The fourth-order valence-electron chi connectivity index (χ4n) is 1.39. The average molecular weight is 492 g/mol. The largest absolute Gasteiger partial charge is 0.456 e. The van der Waals surface area contributed by atoms with Gasteiger partial charge in [0.2, 0.25) is 5.91 Å². The zero-order valence-corrected chi connectivity index (χ0v) is 15.9. The molecule has 0 aliphatic carbocycles. The van der Waals surface area contributed by atoms with Gasteiger partial charge >= 0.3 is 12.1 Å². The molecule has 1 aromatic rings. The summed E-state index contributed by atoms with van der Waals surface area (Å²) >= 11 is 11.5. The molecule has 0 unspecified atom stereocenters. The second-order valence-corrected chi connectivity index (χ2v) is 6.58. The molecule has 0 radical (unpaired) electrons. The van der Waals surface area contributed by atoms with Crippen LogP contribution >= 0.6 is 44.1 Å². The number of halogens is 5. The minimum Gasteiger partial charge on any atom is -0.456 e. The monoisotopic (exact) mass is 490 g/mol. The van der Waals surface area contributed by atoms with E-state index in [-0.39, 0.29) is 11.5 Å². The Kier molecular flexibility index (Phi) is 8.10.